The van der Waals surface area contributed by atoms with Crippen LogP contribution in [0.5, 0.6) is 0 Å². The van der Waals surface area contributed by atoms with E-state index in [1.54, 1.807) is 18.5 Å². The van der Waals surface area contributed by atoms with Crippen LogP contribution in [0.15, 0.2) is 47.2 Å². The van der Waals surface area contributed by atoms with Crippen LogP contribution in [0.2, 0.25) is 5.02 Å². The second kappa shape index (κ2) is 5.26. The number of anilines is 3. The van der Waals surface area contributed by atoms with E-state index in [1.165, 1.54) is 0 Å². The lowest BCUT2D eigenvalue weighted by Crippen LogP contribution is -2.00. The number of nitrogens with two attached hydrogens (primary N) is 1. The number of aromatic nitrogens is 2. The normalized spacial score (nSPS) is 10.7. The number of nitrogens with one attached hydrogen (secondary N) is 1. The van der Waals surface area contributed by atoms with Gasteiger partial charge in [-0.1, -0.05) is 23.7 Å². The van der Waals surface area contributed by atoms with Crippen LogP contribution in [-0.4, -0.2) is 9.97 Å². The number of hydrogen-bond acceptors (Lipinski definition) is 4. The fourth-order valence-corrected chi connectivity index (χ4v) is 2.44. The molecule has 0 spiro atoms. The second-order valence-corrected chi connectivity index (χ2v) is 5.60. The first-order valence-corrected chi connectivity index (χ1v) is 7.03. The zero-order chi connectivity index (χ0) is 14.1. The average Bonchev–Trinajstić information content (AvgIpc) is 2.41. The molecule has 100 valence electrons. The molecule has 20 heavy (non-hydrogen) atoms. The number of pyridine rings is 2. The number of nitrogen functional groups attached to an aromatic ring is 1. The van der Waals surface area contributed by atoms with E-state index < -0.39 is 0 Å². The molecule has 0 aliphatic heterocycles. The molecule has 0 radical (unpaired) electrons. The maximum atomic E-state index is 5.90. The molecule has 0 saturated heterocycles. The number of hydrogen-bond donors (Lipinski definition) is 2. The summed E-state index contributed by atoms with van der Waals surface area (Å²) in [6.07, 6.45) is 3.31. The highest BCUT2D eigenvalue weighted by atomic mass is 79.9. The molecule has 0 saturated carbocycles. The fraction of sp³-hybridized carbons (Fsp3) is 0. The number of para-hydroxylation sites is 1. The van der Waals surface area contributed by atoms with Crippen molar-refractivity contribution in [2.45, 2.75) is 0 Å². The van der Waals surface area contributed by atoms with Crippen LogP contribution in [0.3, 0.4) is 0 Å². The van der Waals surface area contributed by atoms with Crippen LogP contribution in [0.25, 0.3) is 10.9 Å². The standard InChI is InChI=1S/C14H10BrClN4/c15-9-4-8-2-1-3-12(13(8)18-6-9)20-14-11(17)5-10(16)7-19-14/h1-7H,17H2,(H,19,20). The molecule has 0 amide bonds. The van der Waals surface area contributed by atoms with Crippen molar-refractivity contribution >= 4 is 55.6 Å². The molecule has 0 fully saturated rings. The maximum absolute atomic E-state index is 5.90. The molecule has 1 aromatic carbocycles. The first-order valence-electron chi connectivity index (χ1n) is 5.86. The van der Waals surface area contributed by atoms with Gasteiger partial charge in [0.1, 0.15) is 0 Å². The van der Waals surface area contributed by atoms with Gasteiger partial charge in [0, 0.05) is 22.3 Å². The third kappa shape index (κ3) is 2.55. The molecule has 2 heterocycles. The highest BCUT2D eigenvalue weighted by molar-refractivity contribution is 9.10. The predicted octanol–water partition coefficient (Wildman–Crippen LogP) is 4.37. The van der Waals surface area contributed by atoms with Crippen LogP contribution in [0, 0.1) is 0 Å². The van der Waals surface area contributed by atoms with Gasteiger partial charge >= 0.3 is 0 Å². The van der Waals surface area contributed by atoms with E-state index in [4.69, 9.17) is 17.3 Å². The molecule has 2 aromatic heterocycles. The summed E-state index contributed by atoms with van der Waals surface area (Å²) >= 11 is 9.26. The van der Waals surface area contributed by atoms with Crippen LogP contribution in [0.1, 0.15) is 0 Å². The number of rotatable bonds is 2. The highest BCUT2D eigenvalue weighted by Crippen LogP contribution is 2.28. The van der Waals surface area contributed by atoms with Crippen LogP contribution in [-0.2, 0) is 0 Å². The molecule has 0 aliphatic carbocycles. The molecule has 4 nitrogen and oxygen atoms in total. The van der Waals surface area contributed by atoms with Crippen molar-refractivity contribution in [3.63, 3.8) is 0 Å². The van der Waals surface area contributed by atoms with Crippen molar-refractivity contribution in [3.05, 3.63) is 52.2 Å². The summed E-state index contributed by atoms with van der Waals surface area (Å²) in [6, 6.07) is 9.54. The third-order valence-electron chi connectivity index (χ3n) is 2.81. The minimum Gasteiger partial charge on any atom is -0.396 e. The topological polar surface area (TPSA) is 63.8 Å². The summed E-state index contributed by atoms with van der Waals surface area (Å²) in [4.78, 5) is 8.61. The quantitative estimate of drug-likeness (QED) is 0.721. The Morgan fingerprint density at radius 3 is 2.80 bits per heavy atom. The monoisotopic (exact) mass is 348 g/mol. The van der Waals surface area contributed by atoms with Crippen molar-refractivity contribution in [2.75, 3.05) is 11.1 Å². The average molecular weight is 350 g/mol. The summed E-state index contributed by atoms with van der Waals surface area (Å²) in [5.41, 5.74) is 8.09. The smallest absolute Gasteiger partial charge is 0.153 e. The van der Waals surface area contributed by atoms with Gasteiger partial charge in [-0.2, -0.15) is 0 Å². The van der Waals surface area contributed by atoms with Gasteiger partial charge < -0.3 is 11.1 Å². The van der Waals surface area contributed by atoms with E-state index in [9.17, 15) is 0 Å². The SMILES string of the molecule is Nc1cc(Cl)cnc1Nc1cccc2cc(Br)cnc12. The molecule has 0 aliphatic rings. The molecular formula is C14H10BrClN4. The van der Waals surface area contributed by atoms with E-state index in [-0.39, 0.29) is 0 Å². The van der Waals surface area contributed by atoms with Gasteiger partial charge in [-0.15, -0.1) is 0 Å². The highest BCUT2D eigenvalue weighted by Gasteiger charge is 2.06. The summed E-state index contributed by atoms with van der Waals surface area (Å²) < 4.78 is 0.936. The van der Waals surface area contributed by atoms with Crippen LogP contribution >= 0.6 is 27.5 Å². The third-order valence-corrected chi connectivity index (χ3v) is 3.45. The lowest BCUT2D eigenvalue weighted by atomic mass is 10.2. The molecule has 6 heteroatoms. The molecule has 3 N–H and O–H groups in total. The Bertz CT molecular complexity index is 791. The zero-order valence-electron chi connectivity index (χ0n) is 10.3. The molecule has 0 atom stereocenters. The van der Waals surface area contributed by atoms with E-state index in [1.807, 2.05) is 24.3 Å². The molecule has 3 aromatic rings. The largest absolute Gasteiger partial charge is 0.396 e. The van der Waals surface area contributed by atoms with Gasteiger partial charge in [0.15, 0.2) is 5.82 Å². The Kier molecular flexibility index (Phi) is 3.46. The Morgan fingerprint density at radius 2 is 2.00 bits per heavy atom. The van der Waals surface area contributed by atoms with Gasteiger partial charge in [-0.05, 0) is 34.1 Å². The molecular weight excluding hydrogens is 340 g/mol. The van der Waals surface area contributed by atoms with Crippen LogP contribution < -0.4 is 11.1 Å². The van der Waals surface area contributed by atoms with Crippen molar-refractivity contribution < 1.29 is 0 Å². The number of halogens is 2. The van der Waals surface area contributed by atoms with Crippen molar-refractivity contribution in [1.82, 2.24) is 9.97 Å². The number of nitrogens with zero attached hydrogens (tertiary/aromatic N) is 2. The van der Waals surface area contributed by atoms with E-state index >= 15 is 0 Å². The molecule has 0 unspecified atom stereocenters. The minimum atomic E-state index is 0.492. The van der Waals surface area contributed by atoms with E-state index in [0.29, 0.717) is 16.5 Å². The van der Waals surface area contributed by atoms with Gasteiger partial charge in [0.05, 0.1) is 21.9 Å². The first kappa shape index (κ1) is 13.1. The zero-order valence-corrected chi connectivity index (χ0v) is 12.6. The van der Waals surface area contributed by atoms with Gasteiger partial charge in [0.2, 0.25) is 0 Å². The summed E-state index contributed by atoms with van der Waals surface area (Å²) in [5.74, 6) is 0.562. The van der Waals surface area contributed by atoms with Crippen LogP contribution in [0.4, 0.5) is 17.2 Å². The lowest BCUT2D eigenvalue weighted by molar-refractivity contribution is 1.31. The summed E-state index contributed by atoms with van der Waals surface area (Å²) in [5, 5.41) is 4.72. The van der Waals surface area contributed by atoms with Crippen molar-refractivity contribution in [2.24, 2.45) is 0 Å². The Labute approximate surface area is 129 Å². The Balaban J connectivity index is 2.06. The Hall–Kier alpha value is -1.85. The Morgan fingerprint density at radius 1 is 1.15 bits per heavy atom. The van der Waals surface area contributed by atoms with Crippen molar-refractivity contribution in [1.29, 1.82) is 0 Å². The van der Waals surface area contributed by atoms with Crippen molar-refractivity contribution in [3.8, 4) is 0 Å². The van der Waals surface area contributed by atoms with Gasteiger partial charge in [0.25, 0.3) is 0 Å². The number of fused-ring (bicyclic) bond motifs is 1. The molecule has 3 rings (SSSR count). The lowest BCUT2D eigenvalue weighted by Gasteiger charge is -2.10. The maximum Gasteiger partial charge on any atom is 0.153 e. The minimum absolute atomic E-state index is 0.492. The number of benzene rings is 1. The van der Waals surface area contributed by atoms with E-state index in [0.717, 1.165) is 21.1 Å². The van der Waals surface area contributed by atoms with Gasteiger partial charge in [-0.3, -0.25) is 4.98 Å². The second-order valence-electron chi connectivity index (χ2n) is 4.25. The summed E-state index contributed by atoms with van der Waals surface area (Å²) in [6.45, 7) is 0. The fourth-order valence-electron chi connectivity index (χ4n) is 1.92. The van der Waals surface area contributed by atoms with E-state index in [2.05, 4.69) is 31.2 Å². The first-order chi connectivity index (χ1) is 9.63. The molecule has 0 bridgehead atoms. The summed E-state index contributed by atoms with van der Waals surface area (Å²) in [7, 11) is 0. The predicted molar refractivity (Wildman–Crippen MR) is 86.4 cm³/mol. The van der Waals surface area contributed by atoms with Gasteiger partial charge in [-0.25, -0.2) is 4.98 Å².